The molecule has 1 aliphatic rings. The van der Waals surface area contributed by atoms with Crippen LogP contribution in [0.2, 0.25) is 0 Å². The molecule has 1 amide bonds. The van der Waals surface area contributed by atoms with E-state index >= 15 is 0 Å². The maximum absolute atomic E-state index is 13.0. The first-order chi connectivity index (χ1) is 13.2. The predicted octanol–water partition coefficient (Wildman–Crippen LogP) is 3.12. The number of carbonyl (C=O) groups is 1. The maximum atomic E-state index is 13.0. The lowest BCUT2D eigenvalue weighted by Gasteiger charge is -2.36. The van der Waals surface area contributed by atoms with Crippen molar-refractivity contribution >= 4 is 22.9 Å². The summed E-state index contributed by atoms with van der Waals surface area (Å²) >= 11 is 1.63. The van der Waals surface area contributed by atoms with E-state index in [0.29, 0.717) is 18.8 Å². The Morgan fingerprint density at radius 3 is 2.63 bits per heavy atom. The van der Waals surface area contributed by atoms with E-state index in [-0.39, 0.29) is 5.91 Å². The second-order valence-corrected chi connectivity index (χ2v) is 7.44. The molecule has 1 aliphatic heterocycles. The van der Waals surface area contributed by atoms with Gasteiger partial charge in [0.05, 0.1) is 12.0 Å². The number of benzene rings is 1. The zero-order chi connectivity index (χ0) is 18.8. The summed E-state index contributed by atoms with van der Waals surface area (Å²) in [6, 6.07) is 14.0. The number of piperazine rings is 1. The SMILES string of the molecule is COc1cccc(N2CCN(C(=O)c3cc(-c4cccs4)nn3C)CC2)c1. The van der Waals surface area contributed by atoms with E-state index in [1.807, 2.05) is 53.7 Å². The topological polar surface area (TPSA) is 50.6 Å². The molecule has 27 heavy (non-hydrogen) atoms. The van der Waals surface area contributed by atoms with Crippen molar-refractivity contribution in [1.29, 1.82) is 0 Å². The molecule has 140 valence electrons. The smallest absolute Gasteiger partial charge is 0.272 e. The molecule has 0 saturated carbocycles. The van der Waals surface area contributed by atoms with Gasteiger partial charge in [0, 0.05) is 45.0 Å². The second-order valence-electron chi connectivity index (χ2n) is 6.50. The molecule has 0 spiro atoms. The Hall–Kier alpha value is -2.80. The average molecular weight is 382 g/mol. The molecule has 0 aliphatic carbocycles. The Labute approximate surface area is 162 Å². The number of nitrogens with zero attached hydrogens (tertiary/aromatic N) is 4. The van der Waals surface area contributed by atoms with Gasteiger partial charge in [0.15, 0.2) is 0 Å². The number of thiophene rings is 1. The van der Waals surface area contributed by atoms with Crippen LogP contribution in [0.4, 0.5) is 5.69 Å². The van der Waals surface area contributed by atoms with Gasteiger partial charge in [0.25, 0.3) is 5.91 Å². The predicted molar refractivity (Wildman–Crippen MR) is 108 cm³/mol. The van der Waals surface area contributed by atoms with Gasteiger partial charge in [0.1, 0.15) is 17.1 Å². The summed E-state index contributed by atoms with van der Waals surface area (Å²) in [6.07, 6.45) is 0. The third-order valence-corrected chi connectivity index (χ3v) is 5.75. The first-order valence-electron chi connectivity index (χ1n) is 8.92. The van der Waals surface area contributed by atoms with E-state index in [4.69, 9.17) is 4.74 Å². The summed E-state index contributed by atoms with van der Waals surface area (Å²) in [4.78, 5) is 18.2. The molecule has 6 nitrogen and oxygen atoms in total. The van der Waals surface area contributed by atoms with Gasteiger partial charge in [0.2, 0.25) is 0 Å². The first kappa shape index (κ1) is 17.6. The quantitative estimate of drug-likeness (QED) is 0.696. The highest BCUT2D eigenvalue weighted by molar-refractivity contribution is 7.13. The number of aryl methyl sites for hydroxylation is 1. The highest BCUT2D eigenvalue weighted by atomic mass is 32.1. The van der Waals surface area contributed by atoms with Gasteiger partial charge in [-0.15, -0.1) is 11.3 Å². The van der Waals surface area contributed by atoms with Gasteiger partial charge < -0.3 is 14.5 Å². The number of ether oxygens (including phenoxy) is 1. The molecular weight excluding hydrogens is 360 g/mol. The van der Waals surface area contributed by atoms with Gasteiger partial charge in [-0.1, -0.05) is 12.1 Å². The Kier molecular flexibility index (Phi) is 4.85. The molecule has 0 bridgehead atoms. The summed E-state index contributed by atoms with van der Waals surface area (Å²) < 4.78 is 7.00. The highest BCUT2D eigenvalue weighted by Crippen LogP contribution is 2.25. The molecule has 1 fully saturated rings. The van der Waals surface area contributed by atoms with Gasteiger partial charge in [-0.05, 0) is 29.6 Å². The van der Waals surface area contributed by atoms with E-state index in [1.54, 1.807) is 23.1 Å². The minimum Gasteiger partial charge on any atom is -0.497 e. The van der Waals surface area contributed by atoms with Gasteiger partial charge in [-0.3, -0.25) is 9.48 Å². The van der Waals surface area contributed by atoms with Gasteiger partial charge in [-0.2, -0.15) is 5.10 Å². The van der Waals surface area contributed by atoms with Crippen LogP contribution in [0.25, 0.3) is 10.6 Å². The number of methoxy groups -OCH3 is 1. The Morgan fingerprint density at radius 2 is 1.93 bits per heavy atom. The van der Waals surface area contributed by atoms with Crippen molar-refractivity contribution in [3.05, 3.63) is 53.5 Å². The normalized spacial score (nSPS) is 14.4. The molecule has 3 heterocycles. The van der Waals surface area contributed by atoms with Crippen molar-refractivity contribution in [3.63, 3.8) is 0 Å². The summed E-state index contributed by atoms with van der Waals surface area (Å²) in [5.41, 5.74) is 2.61. The largest absolute Gasteiger partial charge is 0.497 e. The molecule has 1 saturated heterocycles. The maximum Gasteiger partial charge on any atom is 0.272 e. The molecule has 3 aromatic rings. The van der Waals surface area contributed by atoms with Crippen LogP contribution in [-0.2, 0) is 7.05 Å². The molecule has 4 rings (SSSR count). The lowest BCUT2D eigenvalue weighted by Crippen LogP contribution is -2.49. The average Bonchev–Trinajstić information content (AvgIpc) is 3.37. The van der Waals surface area contributed by atoms with E-state index in [2.05, 4.69) is 16.1 Å². The second kappa shape index (κ2) is 7.44. The summed E-state index contributed by atoms with van der Waals surface area (Å²) in [6.45, 7) is 2.98. The molecule has 1 aromatic carbocycles. The first-order valence-corrected chi connectivity index (χ1v) is 9.80. The lowest BCUT2D eigenvalue weighted by atomic mass is 10.2. The fraction of sp³-hybridized carbons (Fsp3) is 0.300. The minimum absolute atomic E-state index is 0.0399. The molecule has 7 heteroatoms. The zero-order valence-electron chi connectivity index (χ0n) is 15.5. The lowest BCUT2D eigenvalue weighted by molar-refractivity contribution is 0.0735. The van der Waals surface area contributed by atoms with Crippen molar-refractivity contribution in [2.24, 2.45) is 7.05 Å². The van der Waals surface area contributed by atoms with Crippen LogP contribution in [0.3, 0.4) is 0 Å². The standard InChI is InChI=1S/C20H22N4O2S/c1-22-18(14-17(21-22)19-7-4-12-27-19)20(25)24-10-8-23(9-11-24)15-5-3-6-16(13-15)26-2/h3-7,12-14H,8-11H2,1-2H3. The molecular formula is C20H22N4O2S. The number of amides is 1. The Balaban J connectivity index is 1.44. The van der Waals surface area contributed by atoms with E-state index in [9.17, 15) is 4.79 Å². The molecule has 0 radical (unpaired) electrons. The van der Waals surface area contributed by atoms with Crippen molar-refractivity contribution in [1.82, 2.24) is 14.7 Å². The number of hydrogen-bond donors (Lipinski definition) is 0. The number of aromatic nitrogens is 2. The summed E-state index contributed by atoms with van der Waals surface area (Å²) in [5.74, 6) is 0.889. The van der Waals surface area contributed by atoms with Crippen molar-refractivity contribution in [2.75, 3.05) is 38.2 Å². The third-order valence-electron chi connectivity index (χ3n) is 4.86. The highest BCUT2D eigenvalue weighted by Gasteiger charge is 2.25. The van der Waals surface area contributed by atoms with Gasteiger partial charge >= 0.3 is 0 Å². The summed E-state index contributed by atoms with van der Waals surface area (Å²) in [7, 11) is 3.50. The third kappa shape index (κ3) is 3.55. The van der Waals surface area contributed by atoms with Crippen LogP contribution < -0.4 is 9.64 Å². The summed E-state index contributed by atoms with van der Waals surface area (Å²) in [5, 5.41) is 6.52. The van der Waals surface area contributed by atoms with E-state index in [0.717, 1.165) is 35.1 Å². The van der Waals surface area contributed by atoms with Gasteiger partial charge in [-0.25, -0.2) is 0 Å². The fourth-order valence-corrected chi connectivity index (χ4v) is 4.03. The number of rotatable bonds is 4. The van der Waals surface area contributed by atoms with E-state index < -0.39 is 0 Å². The number of anilines is 1. The minimum atomic E-state index is 0.0399. The molecule has 0 unspecified atom stereocenters. The van der Waals surface area contributed by atoms with Crippen LogP contribution in [0, 0.1) is 0 Å². The Morgan fingerprint density at radius 1 is 1.11 bits per heavy atom. The fourth-order valence-electron chi connectivity index (χ4n) is 3.35. The zero-order valence-corrected chi connectivity index (χ0v) is 16.3. The number of hydrogen-bond acceptors (Lipinski definition) is 5. The monoisotopic (exact) mass is 382 g/mol. The van der Waals surface area contributed by atoms with Crippen molar-refractivity contribution in [2.45, 2.75) is 0 Å². The molecule has 0 atom stereocenters. The van der Waals surface area contributed by atoms with Crippen LogP contribution >= 0.6 is 11.3 Å². The molecule has 0 N–H and O–H groups in total. The van der Waals surface area contributed by atoms with Crippen LogP contribution in [0.5, 0.6) is 5.75 Å². The van der Waals surface area contributed by atoms with Crippen LogP contribution in [-0.4, -0.2) is 53.9 Å². The van der Waals surface area contributed by atoms with E-state index in [1.165, 1.54) is 0 Å². The number of carbonyl (C=O) groups excluding carboxylic acids is 1. The van der Waals surface area contributed by atoms with Crippen LogP contribution in [0.15, 0.2) is 47.8 Å². The van der Waals surface area contributed by atoms with Crippen molar-refractivity contribution < 1.29 is 9.53 Å². The van der Waals surface area contributed by atoms with Crippen molar-refractivity contribution in [3.8, 4) is 16.3 Å². The van der Waals surface area contributed by atoms with Crippen LogP contribution in [0.1, 0.15) is 10.5 Å². The Bertz CT molecular complexity index is 927. The molecule has 2 aromatic heterocycles.